The van der Waals surface area contributed by atoms with Crippen molar-refractivity contribution in [3.63, 3.8) is 0 Å². The van der Waals surface area contributed by atoms with Crippen LogP contribution in [0.1, 0.15) is 82.1 Å². The number of anilines is 1. The number of benzene rings is 1. The third kappa shape index (κ3) is 4.89. The van der Waals surface area contributed by atoms with Crippen LogP contribution in [-0.2, 0) is 22.6 Å². The molecular weight excluding hydrogens is 604 g/mol. The van der Waals surface area contributed by atoms with Crippen molar-refractivity contribution in [3.05, 3.63) is 46.5 Å². The van der Waals surface area contributed by atoms with Crippen LogP contribution in [0.5, 0.6) is 0 Å². The first kappa shape index (κ1) is 29.8. The Labute approximate surface area is 274 Å². The number of carbonyl (C=O) groups is 1. The summed E-state index contributed by atoms with van der Waals surface area (Å²) in [5.41, 5.74) is 6.03. The zero-order valence-electron chi connectivity index (χ0n) is 27.4. The molecule has 244 valence electrons. The molecule has 1 unspecified atom stereocenters. The van der Waals surface area contributed by atoms with E-state index in [0.717, 1.165) is 116 Å². The van der Waals surface area contributed by atoms with E-state index >= 15 is 0 Å². The lowest BCUT2D eigenvalue weighted by molar-refractivity contribution is -0.0930. The summed E-state index contributed by atoms with van der Waals surface area (Å²) in [6.07, 6.45) is 8.67. The number of likely N-dealkylation sites (tertiary alicyclic amines) is 1. The Morgan fingerprint density at radius 3 is 2.63 bits per heavy atom. The number of halogens is 1. The van der Waals surface area contributed by atoms with Crippen LogP contribution in [0, 0.1) is 19.3 Å². The first-order valence-electron chi connectivity index (χ1n) is 16.6. The van der Waals surface area contributed by atoms with E-state index in [9.17, 15) is 4.79 Å². The fraction of sp³-hybridized carbons (Fsp3) is 0.588. The zero-order valence-corrected chi connectivity index (χ0v) is 28.2. The number of ether oxygens (including phenoxy) is 2. The highest BCUT2D eigenvalue weighted by Gasteiger charge is 2.55. The summed E-state index contributed by atoms with van der Waals surface area (Å²) < 4.78 is 18.1. The smallest absolute Gasteiger partial charge is 0.410 e. The normalized spacial score (nSPS) is 21.4. The van der Waals surface area contributed by atoms with Crippen LogP contribution in [0.4, 0.5) is 10.6 Å². The maximum Gasteiger partial charge on any atom is 0.410 e. The molecule has 1 aliphatic carbocycles. The predicted molar refractivity (Wildman–Crippen MR) is 176 cm³/mol. The molecule has 1 atom stereocenters. The minimum absolute atomic E-state index is 0.0702. The van der Waals surface area contributed by atoms with Gasteiger partial charge in [-0.3, -0.25) is 9.36 Å². The summed E-state index contributed by atoms with van der Waals surface area (Å²) in [7, 11) is 0. The minimum Gasteiger partial charge on any atom is -0.444 e. The van der Waals surface area contributed by atoms with E-state index in [-0.39, 0.29) is 23.8 Å². The number of nitrogens with zero attached hydrogens (tertiary/aromatic N) is 8. The SMILES string of the molecule is Cc1cc2c(cnn2C2CCCCO2)c(-c2c(N3CCn4nccc4C3)nn(C3CC4(C3)CN(C(=O)OC(C)(C)C)C4)c2C)c1Cl. The van der Waals surface area contributed by atoms with Crippen LogP contribution in [0.15, 0.2) is 24.5 Å². The van der Waals surface area contributed by atoms with E-state index in [4.69, 9.17) is 31.3 Å². The maximum absolute atomic E-state index is 12.6. The van der Waals surface area contributed by atoms with Gasteiger partial charge in [-0.05, 0) is 84.4 Å². The molecule has 1 aromatic carbocycles. The van der Waals surface area contributed by atoms with Gasteiger partial charge in [0.1, 0.15) is 5.60 Å². The highest BCUT2D eigenvalue weighted by atomic mass is 35.5. The quantitative estimate of drug-likeness (QED) is 0.245. The summed E-state index contributed by atoms with van der Waals surface area (Å²) in [4.78, 5) is 16.8. The lowest BCUT2D eigenvalue weighted by Crippen LogP contribution is -2.64. The number of aromatic nitrogens is 6. The molecule has 46 heavy (non-hydrogen) atoms. The molecule has 3 aliphatic heterocycles. The van der Waals surface area contributed by atoms with Crippen molar-refractivity contribution in [3.8, 4) is 11.1 Å². The third-order valence-corrected chi connectivity index (χ3v) is 10.7. The van der Waals surface area contributed by atoms with Crippen LogP contribution in [0.3, 0.4) is 0 Å². The highest BCUT2D eigenvalue weighted by molar-refractivity contribution is 6.36. The maximum atomic E-state index is 12.6. The summed E-state index contributed by atoms with van der Waals surface area (Å²) in [6.45, 7) is 14.6. The third-order valence-electron chi connectivity index (χ3n) is 10.3. The second-order valence-electron chi connectivity index (χ2n) is 14.8. The van der Waals surface area contributed by atoms with E-state index in [1.165, 1.54) is 5.69 Å². The molecule has 1 spiro atoms. The van der Waals surface area contributed by atoms with E-state index in [1.807, 2.05) is 42.7 Å². The molecule has 0 N–H and O–H groups in total. The summed E-state index contributed by atoms with van der Waals surface area (Å²) in [5.74, 6) is 0.949. The van der Waals surface area contributed by atoms with Gasteiger partial charge in [0.15, 0.2) is 12.0 Å². The van der Waals surface area contributed by atoms with E-state index in [0.29, 0.717) is 0 Å². The largest absolute Gasteiger partial charge is 0.444 e. The molecule has 0 bridgehead atoms. The standard InChI is InChI=1S/C34H43ClN8O3/c1-21-14-26-25(17-37-43(26)27-8-6-7-13-45-27)29(30(21)35)28-22(2)42(38-31(28)39-11-12-41-23(18-39)9-10-36-41)24-15-34(16-24)19-40(20-34)32(44)46-33(3,4)5/h9-10,14,17,24,27H,6-8,11-13,15-16,18-20H2,1-5H3. The average Bonchev–Trinajstić information content (AvgIpc) is 3.69. The van der Waals surface area contributed by atoms with E-state index < -0.39 is 5.60 Å². The van der Waals surface area contributed by atoms with Crippen molar-refractivity contribution >= 4 is 34.4 Å². The van der Waals surface area contributed by atoms with Gasteiger partial charge in [0.05, 0.1) is 41.6 Å². The van der Waals surface area contributed by atoms with Gasteiger partial charge in [-0.1, -0.05) is 11.6 Å². The molecule has 11 nitrogen and oxygen atoms in total. The number of hydrogen-bond donors (Lipinski definition) is 0. The number of carbonyl (C=O) groups excluding carboxylic acids is 1. The first-order valence-corrected chi connectivity index (χ1v) is 17.0. The molecule has 12 heteroatoms. The van der Waals surface area contributed by atoms with Crippen molar-refractivity contribution in [2.24, 2.45) is 5.41 Å². The molecular formula is C34H43ClN8O3. The van der Waals surface area contributed by atoms with Crippen LogP contribution in [-0.4, -0.2) is 72.2 Å². The second kappa shape index (κ2) is 10.7. The number of aryl methyl sites for hydroxylation is 1. The van der Waals surface area contributed by atoms with Gasteiger partial charge in [0, 0.05) is 60.1 Å². The Kier molecular flexibility index (Phi) is 6.96. The Balaban J connectivity index is 1.16. The van der Waals surface area contributed by atoms with Gasteiger partial charge < -0.3 is 19.3 Å². The van der Waals surface area contributed by atoms with Crippen molar-refractivity contribution in [1.29, 1.82) is 0 Å². The van der Waals surface area contributed by atoms with Gasteiger partial charge in [0.25, 0.3) is 0 Å². The molecule has 8 rings (SSSR count). The van der Waals surface area contributed by atoms with E-state index in [2.05, 4.69) is 45.3 Å². The monoisotopic (exact) mass is 646 g/mol. The number of hydrogen-bond acceptors (Lipinski definition) is 7. The molecule has 1 saturated carbocycles. The molecule has 3 fully saturated rings. The molecule has 6 heterocycles. The van der Waals surface area contributed by atoms with Gasteiger partial charge in [0.2, 0.25) is 0 Å². The molecule has 2 saturated heterocycles. The fourth-order valence-electron chi connectivity index (χ4n) is 8.01. The lowest BCUT2D eigenvalue weighted by Gasteiger charge is -2.58. The van der Waals surface area contributed by atoms with Gasteiger partial charge in [-0.15, -0.1) is 0 Å². The van der Waals surface area contributed by atoms with Gasteiger partial charge >= 0.3 is 6.09 Å². The second-order valence-corrected chi connectivity index (χ2v) is 15.2. The Hall–Kier alpha value is -3.57. The Bertz CT molecular complexity index is 1810. The summed E-state index contributed by atoms with van der Waals surface area (Å²) >= 11 is 7.27. The summed E-state index contributed by atoms with van der Waals surface area (Å²) in [6, 6.07) is 4.49. The van der Waals surface area contributed by atoms with Crippen LogP contribution in [0.25, 0.3) is 22.0 Å². The van der Waals surface area contributed by atoms with Gasteiger partial charge in [-0.2, -0.15) is 15.3 Å². The number of rotatable bonds is 4. The van der Waals surface area contributed by atoms with E-state index in [1.54, 1.807) is 0 Å². The average molecular weight is 647 g/mol. The van der Waals surface area contributed by atoms with Crippen molar-refractivity contribution in [1.82, 2.24) is 34.2 Å². The molecule has 4 aromatic rings. The Morgan fingerprint density at radius 2 is 1.89 bits per heavy atom. The summed E-state index contributed by atoms with van der Waals surface area (Å²) in [5, 5.41) is 16.5. The zero-order chi connectivity index (χ0) is 32.0. The van der Waals surface area contributed by atoms with Crippen LogP contribution in [0.2, 0.25) is 5.02 Å². The minimum atomic E-state index is -0.491. The van der Waals surface area contributed by atoms with Crippen LogP contribution < -0.4 is 4.90 Å². The molecule has 0 radical (unpaired) electrons. The van der Waals surface area contributed by atoms with Crippen molar-refractivity contribution in [2.75, 3.05) is 31.1 Å². The Morgan fingerprint density at radius 1 is 1.09 bits per heavy atom. The topological polar surface area (TPSA) is 95.5 Å². The van der Waals surface area contributed by atoms with Crippen molar-refractivity contribution in [2.45, 2.75) is 97.7 Å². The highest BCUT2D eigenvalue weighted by Crippen LogP contribution is 2.56. The molecule has 3 aromatic heterocycles. The van der Waals surface area contributed by atoms with Crippen molar-refractivity contribution < 1.29 is 14.3 Å². The number of amides is 1. The van der Waals surface area contributed by atoms with Gasteiger partial charge in [-0.25, -0.2) is 9.48 Å². The molecule has 1 amide bonds. The number of fused-ring (bicyclic) bond motifs is 2. The first-order chi connectivity index (χ1) is 22.0. The molecule has 4 aliphatic rings. The predicted octanol–water partition coefficient (Wildman–Crippen LogP) is 6.66. The fourth-order valence-corrected chi connectivity index (χ4v) is 8.26. The van der Waals surface area contributed by atoms with Crippen LogP contribution >= 0.6 is 11.6 Å². The lowest BCUT2D eigenvalue weighted by atomic mass is 9.61.